The number of hydrogen-bond acceptors (Lipinski definition) is 4. The van der Waals surface area contributed by atoms with Crippen LogP contribution in [0.1, 0.15) is 57.8 Å². The Hall–Kier alpha value is -0.690. The fraction of sp³-hybridized carbons (Fsp3) is 0.938. The van der Waals surface area contributed by atoms with Crippen molar-refractivity contribution in [2.75, 3.05) is 39.3 Å². The van der Waals surface area contributed by atoms with Crippen molar-refractivity contribution in [2.24, 2.45) is 5.73 Å². The van der Waals surface area contributed by atoms with E-state index in [0.717, 1.165) is 39.3 Å². The zero-order valence-electron chi connectivity index (χ0n) is 14.0. The van der Waals surface area contributed by atoms with E-state index in [1.54, 1.807) is 0 Å². The lowest BCUT2D eigenvalue weighted by molar-refractivity contribution is -1.15. The second kappa shape index (κ2) is 7.25. The van der Waals surface area contributed by atoms with E-state index in [1.165, 1.54) is 57.8 Å². The summed E-state index contributed by atoms with van der Waals surface area (Å²) in [7, 11) is 0. The minimum atomic E-state index is 0.297. The molecule has 22 heavy (non-hydrogen) atoms. The molecule has 6 heteroatoms. The van der Waals surface area contributed by atoms with E-state index in [9.17, 15) is 0 Å². The maximum Gasteiger partial charge on any atom is 0.353 e. The largest absolute Gasteiger partial charge is 0.353 e. The Labute approximate surface area is 134 Å². The van der Waals surface area contributed by atoms with Crippen LogP contribution in [0.4, 0.5) is 0 Å². The minimum absolute atomic E-state index is 0.297. The average molecular weight is 309 g/mol. The summed E-state index contributed by atoms with van der Waals surface area (Å²) in [6, 6.07) is 0. The first kappa shape index (κ1) is 16.2. The highest BCUT2D eigenvalue weighted by atomic mass is 16.2. The molecule has 0 unspecified atom stereocenters. The second-order valence-corrected chi connectivity index (χ2v) is 7.00. The summed E-state index contributed by atoms with van der Waals surface area (Å²) < 4.78 is 0. The molecule has 6 nitrogen and oxygen atoms in total. The molecule has 0 atom stereocenters. The number of piperidine rings is 3. The predicted octanol–water partition coefficient (Wildman–Crippen LogP) is 1.90. The maximum atomic E-state index is 8.53. The topological polar surface area (TPSA) is 59.6 Å². The van der Waals surface area contributed by atoms with Crippen molar-refractivity contribution in [1.82, 2.24) is 15.0 Å². The first-order valence-corrected chi connectivity index (χ1v) is 9.26. The third-order valence-electron chi connectivity index (χ3n) is 5.50. The lowest BCUT2D eigenvalue weighted by Crippen LogP contribution is -2.81. The second-order valence-electron chi connectivity index (χ2n) is 7.00. The first-order valence-electron chi connectivity index (χ1n) is 9.26. The van der Waals surface area contributed by atoms with Crippen LogP contribution in [-0.4, -0.2) is 65.1 Å². The van der Waals surface area contributed by atoms with Crippen LogP contribution >= 0.6 is 0 Å². The molecule has 3 N–H and O–H groups in total. The molecule has 0 amide bonds. The van der Waals surface area contributed by atoms with E-state index in [1.807, 2.05) is 0 Å². The van der Waals surface area contributed by atoms with Crippen LogP contribution in [-0.2, 0) is 0 Å². The molecule has 3 fully saturated rings. The van der Waals surface area contributed by atoms with Crippen LogP contribution in [0, 0.1) is 5.41 Å². The van der Waals surface area contributed by atoms with Gasteiger partial charge in [0, 0.05) is 0 Å². The molecule has 3 heterocycles. The first-order chi connectivity index (χ1) is 10.8. The molecule has 0 aromatic heterocycles. The smallest absolute Gasteiger partial charge is 0.333 e. The number of hydrogen-bond donors (Lipinski definition) is 2. The third-order valence-corrected chi connectivity index (χ3v) is 5.50. The van der Waals surface area contributed by atoms with E-state index in [0.29, 0.717) is 10.8 Å². The van der Waals surface area contributed by atoms with Crippen LogP contribution in [0.3, 0.4) is 0 Å². The molecule has 3 saturated heterocycles. The van der Waals surface area contributed by atoms with E-state index in [4.69, 9.17) is 11.1 Å². The molecule has 3 rings (SSSR count). The summed E-state index contributed by atoms with van der Waals surface area (Å²) >= 11 is 0. The van der Waals surface area contributed by atoms with Crippen molar-refractivity contribution in [3.8, 4) is 0 Å². The van der Waals surface area contributed by atoms with Crippen LogP contribution in [0.25, 0.3) is 0 Å². The standard InChI is InChI=1S/C16H33N6/c17-16(18)22(19-10-4-1-5-11-19,20-12-6-2-7-13-20)21-14-8-3-9-15-21/h1-15H2,(H3,17,18)/q+1. The van der Waals surface area contributed by atoms with Crippen LogP contribution < -0.4 is 5.73 Å². The highest BCUT2D eigenvalue weighted by Gasteiger charge is 2.52. The van der Waals surface area contributed by atoms with Crippen LogP contribution in [0.2, 0.25) is 0 Å². The highest BCUT2D eigenvalue weighted by Crippen LogP contribution is 2.30. The number of nitrogens with one attached hydrogen (secondary N) is 1. The zero-order chi connectivity index (χ0) is 15.4. The average Bonchev–Trinajstić information content (AvgIpc) is 2.58. The fourth-order valence-electron chi connectivity index (χ4n) is 4.46. The summed E-state index contributed by atoms with van der Waals surface area (Å²) in [4.78, 5) is 0.417. The van der Waals surface area contributed by atoms with Gasteiger partial charge >= 0.3 is 5.96 Å². The Bertz CT molecular complexity index is 321. The van der Waals surface area contributed by atoms with E-state index in [2.05, 4.69) is 15.0 Å². The van der Waals surface area contributed by atoms with Gasteiger partial charge in [-0.15, -0.1) is 15.0 Å². The van der Waals surface area contributed by atoms with Crippen LogP contribution in [0.15, 0.2) is 0 Å². The summed E-state index contributed by atoms with van der Waals surface area (Å²) in [5.41, 5.74) is 6.29. The van der Waals surface area contributed by atoms with E-state index >= 15 is 0 Å². The van der Waals surface area contributed by atoms with Gasteiger partial charge < -0.3 is 5.73 Å². The molecule has 0 aromatic rings. The fourth-order valence-corrected chi connectivity index (χ4v) is 4.46. The zero-order valence-corrected chi connectivity index (χ0v) is 14.0. The molecular weight excluding hydrogens is 276 g/mol. The molecular formula is C16H33N6+. The number of nitrogens with two attached hydrogens (primary N) is 1. The van der Waals surface area contributed by atoms with Gasteiger partial charge in [0.1, 0.15) is 0 Å². The molecule has 0 bridgehead atoms. The molecule has 0 spiro atoms. The Morgan fingerprint density at radius 2 is 0.864 bits per heavy atom. The quantitative estimate of drug-likeness (QED) is 0.475. The van der Waals surface area contributed by atoms with Gasteiger partial charge in [-0.1, -0.05) is 19.3 Å². The van der Waals surface area contributed by atoms with Crippen molar-refractivity contribution >= 4 is 5.96 Å². The third kappa shape index (κ3) is 2.89. The van der Waals surface area contributed by atoms with Gasteiger partial charge in [0.2, 0.25) is 0 Å². The SMILES string of the molecule is N=C(N)[N+](N1CCCCC1)(N1CCCCC1)N1CCCCC1. The van der Waals surface area contributed by atoms with Gasteiger partial charge in [-0.3, -0.25) is 0 Å². The highest BCUT2D eigenvalue weighted by molar-refractivity contribution is 5.66. The normalized spacial score (nSPS) is 26.9. The van der Waals surface area contributed by atoms with Gasteiger partial charge in [0.15, 0.2) is 0 Å². The minimum Gasteiger partial charge on any atom is -0.333 e. The Morgan fingerprint density at radius 1 is 0.591 bits per heavy atom. The predicted molar refractivity (Wildman–Crippen MR) is 88.4 cm³/mol. The number of quaternary nitrogens is 1. The molecule has 0 aromatic carbocycles. The summed E-state index contributed by atoms with van der Waals surface area (Å²) in [5.74, 6) is 0.297. The molecule has 0 aliphatic carbocycles. The van der Waals surface area contributed by atoms with Crippen molar-refractivity contribution in [3.05, 3.63) is 0 Å². The van der Waals surface area contributed by atoms with E-state index < -0.39 is 0 Å². The molecule has 126 valence electrons. The Kier molecular flexibility index (Phi) is 5.33. The lowest BCUT2D eigenvalue weighted by atomic mass is 10.1. The number of guanidine groups is 1. The molecule has 0 radical (unpaired) electrons. The van der Waals surface area contributed by atoms with Gasteiger partial charge in [-0.2, -0.15) is 0 Å². The monoisotopic (exact) mass is 309 g/mol. The molecule has 3 aliphatic rings. The number of nitrogens with zero attached hydrogens (tertiary/aromatic N) is 4. The Morgan fingerprint density at radius 3 is 1.09 bits per heavy atom. The summed E-state index contributed by atoms with van der Waals surface area (Å²) in [5, 5.41) is 16.0. The Balaban J connectivity index is 1.94. The summed E-state index contributed by atoms with van der Waals surface area (Å²) in [6.45, 7) is 6.37. The lowest BCUT2D eigenvalue weighted by Gasteiger charge is -2.55. The van der Waals surface area contributed by atoms with Crippen molar-refractivity contribution in [1.29, 1.82) is 5.41 Å². The van der Waals surface area contributed by atoms with Crippen molar-refractivity contribution < 1.29 is 4.81 Å². The summed E-state index contributed by atoms with van der Waals surface area (Å²) in [6.07, 6.45) is 11.3. The van der Waals surface area contributed by atoms with E-state index in [-0.39, 0.29) is 0 Å². The van der Waals surface area contributed by atoms with Crippen molar-refractivity contribution in [3.63, 3.8) is 0 Å². The van der Waals surface area contributed by atoms with Gasteiger partial charge in [-0.25, -0.2) is 5.41 Å². The molecule has 0 saturated carbocycles. The van der Waals surface area contributed by atoms with Crippen molar-refractivity contribution in [2.45, 2.75) is 57.8 Å². The number of rotatable bonds is 3. The molecule has 3 aliphatic heterocycles. The van der Waals surface area contributed by atoms with Crippen LogP contribution in [0.5, 0.6) is 0 Å². The van der Waals surface area contributed by atoms with Gasteiger partial charge in [0.25, 0.3) is 0 Å². The maximum absolute atomic E-state index is 8.53. The van der Waals surface area contributed by atoms with Gasteiger partial charge in [0.05, 0.1) is 39.3 Å². The van der Waals surface area contributed by atoms with Gasteiger partial charge in [-0.05, 0) is 43.3 Å².